The lowest BCUT2D eigenvalue weighted by molar-refractivity contribution is -0.159. The molecule has 0 unspecified atom stereocenters. The van der Waals surface area contributed by atoms with Gasteiger partial charge in [-0.2, -0.15) is 0 Å². The highest BCUT2D eigenvalue weighted by Gasteiger charge is 2.29. The second-order valence-electron chi connectivity index (χ2n) is 3.63. The van der Waals surface area contributed by atoms with E-state index in [0.29, 0.717) is 19.4 Å². The third-order valence-corrected chi connectivity index (χ3v) is 2.38. The number of rotatable bonds is 3. The molecule has 8 nitrogen and oxygen atoms in total. The van der Waals surface area contributed by atoms with Gasteiger partial charge in [-0.05, 0) is 12.8 Å². The summed E-state index contributed by atoms with van der Waals surface area (Å²) in [5, 5.41) is 14.8. The van der Waals surface area contributed by atoms with Crippen molar-refractivity contribution in [2.45, 2.75) is 32.2 Å². The zero-order valence-electron chi connectivity index (χ0n) is 9.96. The number of aliphatic carboxylic acids is 2. The molecule has 0 aromatic heterocycles. The van der Waals surface area contributed by atoms with Crippen molar-refractivity contribution in [2.24, 2.45) is 5.73 Å². The van der Waals surface area contributed by atoms with Gasteiger partial charge in [0.1, 0.15) is 6.04 Å². The lowest BCUT2D eigenvalue weighted by atomic mass is 10.2. The summed E-state index contributed by atoms with van der Waals surface area (Å²) in [6, 6.07) is -0.389. The van der Waals surface area contributed by atoms with Gasteiger partial charge in [0.2, 0.25) is 11.8 Å². The molecule has 18 heavy (non-hydrogen) atoms. The highest BCUT2D eigenvalue weighted by atomic mass is 16.4. The molecular weight excluding hydrogens is 244 g/mol. The van der Waals surface area contributed by atoms with E-state index in [0.717, 1.165) is 6.42 Å². The van der Waals surface area contributed by atoms with Gasteiger partial charge in [-0.15, -0.1) is 0 Å². The van der Waals surface area contributed by atoms with E-state index in [1.54, 1.807) is 4.90 Å². The van der Waals surface area contributed by atoms with E-state index in [-0.39, 0.29) is 11.9 Å². The summed E-state index contributed by atoms with van der Waals surface area (Å²) in [6.45, 7) is 2.54. The van der Waals surface area contributed by atoms with Crippen molar-refractivity contribution in [3.63, 3.8) is 0 Å². The first-order chi connectivity index (χ1) is 8.31. The van der Waals surface area contributed by atoms with Crippen molar-refractivity contribution < 1.29 is 29.4 Å². The van der Waals surface area contributed by atoms with E-state index in [9.17, 15) is 9.59 Å². The van der Waals surface area contributed by atoms with Gasteiger partial charge in [-0.25, -0.2) is 9.59 Å². The number of carbonyl (C=O) groups is 4. The molecule has 1 aliphatic rings. The third-order valence-electron chi connectivity index (χ3n) is 2.38. The van der Waals surface area contributed by atoms with Gasteiger partial charge in [0.05, 0.1) is 0 Å². The number of hydrogen-bond donors (Lipinski definition) is 3. The van der Waals surface area contributed by atoms with E-state index < -0.39 is 17.8 Å². The summed E-state index contributed by atoms with van der Waals surface area (Å²) in [6.07, 6.45) is 2.02. The second-order valence-corrected chi connectivity index (χ2v) is 3.63. The van der Waals surface area contributed by atoms with Crippen molar-refractivity contribution in [2.75, 3.05) is 6.54 Å². The Morgan fingerprint density at radius 3 is 2.06 bits per heavy atom. The summed E-state index contributed by atoms with van der Waals surface area (Å²) in [4.78, 5) is 41.9. The number of nitrogens with zero attached hydrogens (tertiary/aromatic N) is 1. The zero-order chi connectivity index (χ0) is 14.3. The van der Waals surface area contributed by atoms with Crippen LogP contribution in [0.2, 0.25) is 0 Å². The quantitative estimate of drug-likeness (QED) is 0.558. The molecule has 1 saturated heterocycles. The second kappa shape index (κ2) is 7.25. The Kier molecular flexibility index (Phi) is 6.40. The van der Waals surface area contributed by atoms with Crippen molar-refractivity contribution in [3.05, 3.63) is 0 Å². The summed E-state index contributed by atoms with van der Waals surface area (Å²) < 4.78 is 0. The van der Waals surface area contributed by atoms with Crippen LogP contribution in [-0.2, 0) is 19.2 Å². The van der Waals surface area contributed by atoms with Crippen LogP contribution in [0.3, 0.4) is 0 Å². The van der Waals surface area contributed by atoms with E-state index in [4.69, 9.17) is 25.5 Å². The summed E-state index contributed by atoms with van der Waals surface area (Å²) in [5.74, 6) is -3.99. The first kappa shape index (κ1) is 15.9. The molecule has 1 atom stereocenters. The lowest BCUT2D eigenvalue weighted by Gasteiger charge is -2.23. The number of hydrogen-bond acceptors (Lipinski definition) is 4. The van der Waals surface area contributed by atoms with Crippen molar-refractivity contribution in [1.29, 1.82) is 0 Å². The molecule has 0 bridgehead atoms. The fourth-order valence-electron chi connectivity index (χ4n) is 1.57. The molecule has 1 heterocycles. The first-order valence-electron chi connectivity index (χ1n) is 5.36. The van der Waals surface area contributed by atoms with Gasteiger partial charge in [0.15, 0.2) is 0 Å². The molecular formula is C10H16N2O6. The summed E-state index contributed by atoms with van der Waals surface area (Å²) >= 11 is 0. The monoisotopic (exact) mass is 260 g/mol. The number of nitrogens with two attached hydrogens (primary N) is 1. The Morgan fingerprint density at radius 1 is 1.33 bits per heavy atom. The standard InChI is InChI=1S/C8H14N2O2.C2H2O4/c1-2-6(8(9)12)10-5-3-4-7(10)11;3-1(4)2(5)6/h6H,2-5H2,1H3,(H2,9,12);(H,3,4)(H,5,6)/t6-;/m1./s1. The van der Waals surface area contributed by atoms with Crippen LogP contribution in [0, 0.1) is 0 Å². The molecule has 0 spiro atoms. The molecule has 0 aromatic rings. The van der Waals surface area contributed by atoms with E-state index in [1.165, 1.54) is 0 Å². The maximum atomic E-state index is 11.2. The Morgan fingerprint density at radius 2 is 1.83 bits per heavy atom. The average Bonchev–Trinajstić information content (AvgIpc) is 2.66. The molecule has 0 aromatic carbocycles. The van der Waals surface area contributed by atoms with Crippen LogP contribution >= 0.6 is 0 Å². The predicted octanol–water partition coefficient (Wildman–Crippen LogP) is -0.972. The molecule has 8 heteroatoms. The predicted molar refractivity (Wildman–Crippen MR) is 59.5 cm³/mol. The molecule has 102 valence electrons. The van der Waals surface area contributed by atoms with Crippen LogP contribution in [0.1, 0.15) is 26.2 Å². The number of amides is 2. The molecule has 1 fully saturated rings. The number of likely N-dealkylation sites (tertiary alicyclic amines) is 1. The highest BCUT2D eigenvalue weighted by molar-refractivity contribution is 6.27. The Labute approximate surface area is 103 Å². The fraction of sp³-hybridized carbons (Fsp3) is 0.600. The highest BCUT2D eigenvalue weighted by Crippen LogP contribution is 2.15. The summed E-state index contributed by atoms with van der Waals surface area (Å²) in [5.41, 5.74) is 5.16. The van der Waals surface area contributed by atoms with Gasteiger partial charge < -0.3 is 20.8 Å². The molecule has 0 aliphatic carbocycles. The SMILES string of the molecule is CC[C@H](C(N)=O)N1CCCC1=O.O=C(O)C(=O)O. The normalized spacial score (nSPS) is 15.6. The van der Waals surface area contributed by atoms with Crippen LogP contribution in [0.4, 0.5) is 0 Å². The smallest absolute Gasteiger partial charge is 0.414 e. The molecule has 1 aliphatic heterocycles. The zero-order valence-corrected chi connectivity index (χ0v) is 9.96. The van der Waals surface area contributed by atoms with E-state index in [1.807, 2.05) is 6.92 Å². The van der Waals surface area contributed by atoms with Gasteiger partial charge in [0, 0.05) is 13.0 Å². The van der Waals surface area contributed by atoms with Crippen LogP contribution in [0.15, 0.2) is 0 Å². The van der Waals surface area contributed by atoms with Crippen molar-refractivity contribution in [3.8, 4) is 0 Å². The maximum Gasteiger partial charge on any atom is 0.414 e. The lowest BCUT2D eigenvalue weighted by Crippen LogP contribution is -2.44. The Hall–Kier alpha value is -2.12. The van der Waals surface area contributed by atoms with Gasteiger partial charge in [0.25, 0.3) is 0 Å². The summed E-state index contributed by atoms with van der Waals surface area (Å²) in [7, 11) is 0. The molecule has 4 N–H and O–H groups in total. The minimum Gasteiger partial charge on any atom is -0.473 e. The average molecular weight is 260 g/mol. The topological polar surface area (TPSA) is 138 Å². The van der Waals surface area contributed by atoms with E-state index >= 15 is 0 Å². The molecule has 1 rings (SSSR count). The first-order valence-corrected chi connectivity index (χ1v) is 5.36. The number of primary amides is 1. The van der Waals surface area contributed by atoms with Gasteiger partial charge in [-0.3, -0.25) is 9.59 Å². The van der Waals surface area contributed by atoms with E-state index in [2.05, 4.69) is 0 Å². The minimum atomic E-state index is -1.82. The largest absolute Gasteiger partial charge is 0.473 e. The number of carboxylic acids is 2. The van der Waals surface area contributed by atoms with Crippen LogP contribution in [0.25, 0.3) is 0 Å². The fourth-order valence-corrected chi connectivity index (χ4v) is 1.57. The minimum absolute atomic E-state index is 0.0562. The molecule has 0 saturated carbocycles. The van der Waals surface area contributed by atoms with Crippen molar-refractivity contribution in [1.82, 2.24) is 4.90 Å². The maximum absolute atomic E-state index is 11.2. The number of carboxylic acid groups (broad SMARTS) is 2. The van der Waals surface area contributed by atoms with Crippen LogP contribution in [-0.4, -0.2) is 51.5 Å². The van der Waals surface area contributed by atoms with Gasteiger partial charge >= 0.3 is 11.9 Å². The van der Waals surface area contributed by atoms with Crippen molar-refractivity contribution >= 4 is 23.8 Å². The molecule has 0 radical (unpaired) electrons. The van der Waals surface area contributed by atoms with Crippen LogP contribution in [0.5, 0.6) is 0 Å². The number of carbonyl (C=O) groups excluding carboxylic acids is 2. The third kappa shape index (κ3) is 4.81. The Bertz CT molecular complexity index is 342. The van der Waals surface area contributed by atoms with Gasteiger partial charge in [-0.1, -0.05) is 6.92 Å². The van der Waals surface area contributed by atoms with Crippen LogP contribution < -0.4 is 5.73 Å². The Balaban J connectivity index is 0.000000411. The molecule has 2 amide bonds.